The fourth-order valence-electron chi connectivity index (χ4n) is 1.94. The van der Waals surface area contributed by atoms with E-state index in [2.05, 4.69) is 18.9 Å². The maximum atomic E-state index is 12.4. The van der Waals surface area contributed by atoms with Crippen molar-refractivity contribution in [2.45, 2.75) is 43.9 Å². The average molecular weight is 291 g/mol. The predicted molar refractivity (Wildman–Crippen MR) is 82.9 cm³/mol. The Kier molecular flexibility index (Phi) is 4.60. The zero-order chi connectivity index (χ0) is 14.7. The minimum atomic E-state index is -1.16. The normalized spacial score (nSPS) is 14.2. The van der Waals surface area contributed by atoms with E-state index in [1.54, 1.807) is 6.07 Å². The van der Waals surface area contributed by atoms with Crippen LogP contribution >= 0.6 is 0 Å². The van der Waals surface area contributed by atoms with Crippen molar-refractivity contribution in [3.63, 3.8) is 0 Å². The van der Waals surface area contributed by atoms with Crippen molar-refractivity contribution in [3.05, 3.63) is 41.7 Å². The van der Waals surface area contributed by atoms with Gasteiger partial charge in [-0.3, -0.25) is 8.89 Å². The second-order valence-electron chi connectivity index (χ2n) is 5.08. The van der Waals surface area contributed by atoms with Crippen LogP contribution in [0.5, 0.6) is 0 Å². The largest absolute Gasteiger partial charge is 0.398 e. The van der Waals surface area contributed by atoms with Crippen LogP contribution in [0, 0.1) is 6.92 Å². The number of nitrogens with zero attached hydrogens (tertiary/aromatic N) is 2. The third kappa shape index (κ3) is 3.28. The van der Waals surface area contributed by atoms with Gasteiger partial charge < -0.3 is 5.73 Å². The summed E-state index contributed by atoms with van der Waals surface area (Å²) in [5, 5.41) is 4.48. The van der Waals surface area contributed by atoms with Crippen LogP contribution in [0.15, 0.2) is 35.4 Å². The number of nitrogen functional groups attached to an aromatic ring is 1. The molecule has 108 valence electrons. The Morgan fingerprint density at radius 3 is 2.85 bits per heavy atom. The smallest absolute Gasteiger partial charge is 0.0753 e. The molecule has 0 spiro atoms. The molecule has 0 aliphatic rings. The summed E-state index contributed by atoms with van der Waals surface area (Å²) in [6.45, 7) is 6.21. The van der Waals surface area contributed by atoms with Gasteiger partial charge in [-0.15, -0.1) is 0 Å². The summed E-state index contributed by atoms with van der Waals surface area (Å²) in [4.78, 5) is 0.697. The lowest BCUT2D eigenvalue weighted by atomic mass is 10.2. The van der Waals surface area contributed by atoms with Crippen molar-refractivity contribution in [1.29, 1.82) is 0 Å². The SMILES string of the molecule is CCC(C)n1ccc(CS(=O)c2cc(C)ccc2N)n1. The molecule has 1 heterocycles. The van der Waals surface area contributed by atoms with E-state index in [1.165, 1.54) is 0 Å². The molecular weight excluding hydrogens is 270 g/mol. The molecule has 2 atom stereocenters. The first-order valence-corrected chi connectivity index (χ1v) is 8.11. The van der Waals surface area contributed by atoms with Gasteiger partial charge in [0.05, 0.1) is 27.1 Å². The highest BCUT2D eigenvalue weighted by Crippen LogP contribution is 2.20. The van der Waals surface area contributed by atoms with Gasteiger partial charge in [0, 0.05) is 17.9 Å². The van der Waals surface area contributed by atoms with Gasteiger partial charge in [0.2, 0.25) is 0 Å². The molecule has 20 heavy (non-hydrogen) atoms. The van der Waals surface area contributed by atoms with Crippen molar-refractivity contribution >= 4 is 16.5 Å². The molecule has 2 unspecified atom stereocenters. The highest BCUT2D eigenvalue weighted by molar-refractivity contribution is 7.84. The fourth-order valence-corrected chi connectivity index (χ4v) is 3.16. The predicted octanol–water partition coefficient (Wildman–Crippen LogP) is 3.05. The first-order valence-electron chi connectivity index (χ1n) is 6.79. The van der Waals surface area contributed by atoms with Gasteiger partial charge in [-0.05, 0) is 44.0 Å². The lowest BCUT2D eigenvalue weighted by Crippen LogP contribution is -2.06. The average Bonchev–Trinajstić information content (AvgIpc) is 2.89. The van der Waals surface area contributed by atoms with Crippen LogP contribution in [0.2, 0.25) is 0 Å². The Balaban J connectivity index is 2.15. The molecule has 0 fully saturated rings. The van der Waals surface area contributed by atoms with E-state index in [0.717, 1.165) is 17.7 Å². The quantitative estimate of drug-likeness (QED) is 0.861. The zero-order valence-electron chi connectivity index (χ0n) is 12.2. The van der Waals surface area contributed by atoms with Crippen LogP contribution in [0.25, 0.3) is 0 Å². The second kappa shape index (κ2) is 6.22. The first kappa shape index (κ1) is 14.8. The molecule has 0 saturated heterocycles. The van der Waals surface area contributed by atoms with E-state index < -0.39 is 10.8 Å². The van der Waals surface area contributed by atoms with Crippen LogP contribution in [0.4, 0.5) is 5.69 Å². The molecule has 0 bridgehead atoms. The first-order chi connectivity index (χ1) is 9.51. The van der Waals surface area contributed by atoms with Crippen molar-refractivity contribution in [3.8, 4) is 0 Å². The molecule has 0 aliphatic carbocycles. The van der Waals surface area contributed by atoms with E-state index >= 15 is 0 Å². The molecule has 0 aliphatic heterocycles. The molecule has 0 amide bonds. The third-order valence-electron chi connectivity index (χ3n) is 3.40. The monoisotopic (exact) mass is 291 g/mol. The van der Waals surface area contributed by atoms with Crippen LogP contribution in [-0.2, 0) is 16.6 Å². The Labute approximate surface area is 122 Å². The number of aromatic nitrogens is 2. The lowest BCUT2D eigenvalue weighted by molar-refractivity contribution is 0.475. The second-order valence-corrected chi connectivity index (χ2v) is 6.50. The Bertz CT molecular complexity index is 621. The summed E-state index contributed by atoms with van der Waals surface area (Å²) in [5.74, 6) is 0.400. The fraction of sp³-hybridized carbons (Fsp3) is 0.400. The molecule has 4 nitrogen and oxygen atoms in total. The number of aryl methyl sites for hydroxylation is 1. The Morgan fingerprint density at radius 1 is 1.40 bits per heavy atom. The summed E-state index contributed by atoms with van der Waals surface area (Å²) in [7, 11) is -1.16. The number of rotatable bonds is 5. The van der Waals surface area contributed by atoms with Gasteiger partial charge in [-0.25, -0.2) is 0 Å². The molecule has 1 aromatic carbocycles. The third-order valence-corrected chi connectivity index (χ3v) is 4.80. The van der Waals surface area contributed by atoms with Gasteiger partial charge in [-0.2, -0.15) is 5.10 Å². The molecule has 2 N–H and O–H groups in total. The highest BCUT2D eigenvalue weighted by Gasteiger charge is 2.12. The molecule has 2 aromatic rings. The number of nitrogens with two attached hydrogens (primary N) is 1. The van der Waals surface area contributed by atoms with Gasteiger partial charge in [0.15, 0.2) is 0 Å². The lowest BCUT2D eigenvalue weighted by Gasteiger charge is -2.08. The number of anilines is 1. The van der Waals surface area contributed by atoms with E-state index in [4.69, 9.17) is 5.73 Å². The Morgan fingerprint density at radius 2 is 2.15 bits per heavy atom. The maximum Gasteiger partial charge on any atom is 0.0753 e. The van der Waals surface area contributed by atoms with Crippen molar-refractivity contribution in [2.24, 2.45) is 0 Å². The van der Waals surface area contributed by atoms with Crippen LogP contribution in [0.1, 0.15) is 37.6 Å². The Hall–Kier alpha value is -1.62. The van der Waals surface area contributed by atoms with Crippen molar-refractivity contribution in [2.75, 3.05) is 5.73 Å². The molecule has 0 radical (unpaired) electrons. The number of hydrogen-bond donors (Lipinski definition) is 1. The van der Waals surface area contributed by atoms with E-state index in [9.17, 15) is 4.21 Å². The number of hydrogen-bond acceptors (Lipinski definition) is 3. The maximum absolute atomic E-state index is 12.4. The van der Waals surface area contributed by atoms with Crippen LogP contribution in [0.3, 0.4) is 0 Å². The van der Waals surface area contributed by atoms with Crippen molar-refractivity contribution < 1.29 is 4.21 Å². The summed E-state index contributed by atoms with van der Waals surface area (Å²) < 4.78 is 14.3. The van der Waals surface area contributed by atoms with Crippen LogP contribution < -0.4 is 5.73 Å². The summed E-state index contributed by atoms with van der Waals surface area (Å²) in [6.07, 6.45) is 2.97. The molecular formula is C15H21N3OS. The minimum absolute atomic E-state index is 0.362. The van der Waals surface area contributed by atoms with Gasteiger partial charge >= 0.3 is 0 Å². The molecule has 2 rings (SSSR count). The van der Waals surface area contributed by atoms with Gasteiger partial charge in [-0.1, -0.05) is 13.0 Å². The van der Waals surface area contributed by atoms with Crippen LogP contribution in [-0.4, -0.2) is 14.0 Å². The molecule has 1 aromatic heterocycles. The minimum Gasteiger partial charge on any atom is -0.398 e. The van der Waals surface area contributed by atoms with Gasteiger partial charge in [0.1, 0.15) is 0 Å². The van der Waals surface area contributed by atoms with E-state index in [-0.39, 0.29) is 0 Å². The van der Waals surface area contributed by atoms with E-state index in [1.807, 2.05) is 36.0 Å². The number of benzene rings is 1. The van der Waals surface area contributed by atoms with E-state index in [0.29, 0.717) is 22.4 Å². The standard InChI is InChI=1S/C15H21N3OS/c1-4-12(3)18-8-7-13(17-18)10-20(19)15-9-11(2)5-6-14(15)16/h5-9,12H,4,10,16H2,1-3H3. The summed E-state index contributed by atoms with van der Waals surface area (Å²) >= 11 is 0. The zero-order valence-corrected chi connectivity index (χ0v) is 13.0. The topological polar surface area (TPSA) is 60.9 Å². The molecule has 0 saturated carbocycles. The highest BCUT2D eigenvalue weighted by atomic mass is 32.2. The van der Waals surface area contributed by atoms with Crippen molar-refractivity contribution in [1.82, 2.24) is 9.78 Å². The summed E-state index contributed by atoms with van der Waals surface area (Å²) in [6, 6.07) is 7.91. The van der Waals surface area contributed by atoms with Gasteiger partial charge in [0.25, 0.3) is 0 Å². The molecule has 5 heteroatoms. The summed E-state index contributed by atoms with van der Waals surface area (Å²) in [5.41, 5.74) is 8.38.